The molecule has 2 aliphatic rings. The van der Waals surface area contributed by atoms with E-state index in [0.717, 1.165) is 48.5 Å². The van der Waals surface area contributed by atoms with Crippen LogP contribution in [0.4, 0.5) is 0 Å². The maximum Gasteiger partial charge on any atom is 0.161 e. The van der Waals surface area contributed by atoms with Gasteiger partial charge in [0.25, 0.3) is 0 Å². The first-order chi connectivity index (χ1) is 16.7. The van der Waals surface area contributed by atoms with Gasteiger partial charge in [0.1, 0.15) is 13.3 Å². The molecule has 1 unspecified atom stereocenters. The Kier molecular flexibility index (Phi) is 6.49. The highest BCUT2D eigenvalue weighted by atomic mass is 35.5. The first kappa shape index (κ1) is 23.7. The van der Waals surface area contributed by atoms with Crippen LogP contribution in [-0.2, 0) is 32.7 Å². The van der Waals surface area contributed by atoms with E-state index in [1.807, 2.05) is 34.9 Å². The third-order valence-electron chi connectivity index (χ3n) is 7.27. The molecule has 2 aliphatic heterocycles. The van der Waals surface area contributed by atoms with Crippen LogP contribution in [0.25, 0.3) is 10.9 Å². The molecule has 0 spiro atoms. The maximum atomic E-state index is 10.1. The van der Waals surface area contributed by atoms with Crippen LogP contribution in [0.3, 0.4) is 0 Å². The number of aromatic nitrogens is 1. The van der Waals surface area contributed by atoms with Crippen molar-refractivity contribution in [1.82, 2.24) is 9.47 Å². The van der Waals surface area contributed by atoms with Crippen molar-refractivity contribution >= 4 is 22.5 Å². The number of rotatable bonds is 5. The predicted molar refractivity (Wildman–Crippen MR) is 140 cm³/mol. The molecule has 1 aromatic heterocycles. The second-order valence-corrected chi connectivity index (χ2v) is 9.51. The molecule has 0 amide bonds. The Hall–Kier alpha value is -2.99. The summed E-state index contributed by atoms with van der Waals surface area (Å²) in [5.74, 6) is 1.56. The van der Waals surface area contributed by atoms with E-state index in [9.17, 15) is 5.11 Å². The second kappa shape index (κ2) is 9.57. The van der Waals surface area contributed by atoms with E-state index < -0.39 is 0 Å². The van der Waals surface area contributed by atoms with Crippen LogP contribution < -0.4 is 9.47 Å². The van der Waals surface area contributed by atoms with Gasteiger partial charge in [-0.3, -0.25) is 4.90 Å². The standard InChI is InChI=1S/C28H27ClN2O3.CH4/c1-33-27-14-22-19(11-28(27)34-16-18-5-3-2-4-6-18)9-10-30-15-26-23(13-24(22)30)21-8-7-20(29)12-25(21)31(26)17-32;/h2-8,11-12,14,24,32H,9-10,13,15-17H2,1H3;1H4. The van der Waals surface area contributed by atoms with Crippen molar-refractivity contribution < 1.29 is 14.6 Å². The quantitative estimate of drug-likeness (QED) is 0.366. The molecule has 0 saturated heterocycles. The van der Waals surface area contributed by atoms with Gasteiger partial charge >= 0.3 is 0 Å². The van der Waals surface area contributed by atoms with Crippen LogP contribution in [0.1, 0.15) is 41.4 Å². The maximum absolute atomic E-state index is 10.1. The second-order valence-electron chi connectivity index (χ2n) is 9.07. The van der Waals surface area contributed by atoms with E-state index in [0.29, 0.717) is 11.6 Å². The Balaban J connectivity index is 0.00000253. The van der Waals surface area contributed by atoms with Crippen LogP contribution in [-0.4, -0.2) is 28.2 Å². The largest absolute Gasteiger partial charge is 0.493 e. The van der Waals surface area contributed by atoms with Gasteiger partial charge in [0.05, 0.1) is 12.6 Å². The third-order valence-corrected chi connectivity index (χ3v) is 7.51. The number of aliphatic hydroxyl groups excluding tert-OH is 1. The van der Waals surface area contributed by atoms with Gasteiger partial charge < -0.3 is 19.1 Å². The summed E-state index contributed by atoms with van der Waals surface area (Å²) in [5, 5.41) is 12.0. The fraction of sp³-hybridized carbons (Fsp3) is 0.310. The van der Waals surface area contributed by atoms with E-state index in [2.05, 4.69) is 35.2 Å². The molecule has 6 heteroatoms. The van der Waals surface area contributed by atoms with E-state index in [1.54, 1.807) is 7.11 Å². The minimum absolute atomic E-state index is 0. The number of benzene rings is 3. The molecule has 0 fully saturated rings. The number of hydrogen-bond donors (Lipinski definition) is 1. The fourth-order valence-corrected chi connectivity index (χ4v) is 5.77. The number of nitrogens with zero attached hydrogens (tertiary/aromatic N) is 2. The van der Waals surface area contributed by atoms with E-state index in [1.165, 1.54) is 27.8 Å². The highest BCUT2D eigenvalue weighted by Crippen LogP contribution is 2.45. The lowest BCUT2D eigenvalue weighted by atomic mass is 9.85. The lowest BCUT2D eigenvalue weighted by molar-refractivity contribution is 0.145. The summed E-state index contributed by atoms with van der Waals surface area (Å²) in [4.78, 5) is 2.52. The highest BCUT2D eigenvalue weighted by molar-refractivity contribution is 6.31. The van der Waals surface area contributed by atoms with E-state index in [4.69, 9.17) is 21.1 Å². The third kappa shape index (κ3) is 4.08. The predicted octanol–water partition coefficient (Wildman–Crippen LogP) is 6.12. The zero-order chi connectivity index (χ0) is 23.2. The van der Waals surface area contributed by atoms with Gasteiger partial charge in [0, 0.05) is 35.2 Å². The lowest BCUT2D eigenvalue weighted by Gasteiger charge is -2.41. The average Bonchev–Trinajstić information content (AvgIpc) is 3.17. The summed E-state index contributed by atoms with van der Waals surface area (Å²) < 4.78 is 13.9. The molecular weight excluding hydrogens is 460 g/mol. The van der Waals surface area contributed by atoms with Crippen molar-refractivity contribution in [2.45, 2.75) is 46.2 Å². The van der Waals surface area contributed by atoms with Crippen molar-refractivity contribution in [2.75, 3.05) is 13.7 Å². The van der Waals surface area contributed by atoms with E-state index in [-0.39, 0.29) is 20.2 Å². The Morgan fingerprint density at radius 1 is 1.06 bits per heavy atom. The Bertz CT molecular complexity index is 1370. The van der Waals surface area contributed by atoms with Crippen molar-refractivity contribution in [1.29, 1.82) is 0 Å². The van der Waals surface area contributed by atoms with Crippen molar-refractivity contribution in [2.24, 2.45) is 0 Å². The van der Waals surface area contributed by atoms with Crippen LogP contribution in [0.5, 0.6) is 11.5 Å². The number of fused-ring (bicyclic) bond motifs is 6. The molecule has 0 aliphatic carbocycles. The van der Waals surface area contributed by atoms with Gasteiger partial charge in [-0.2, -0.15) is 0 Å². The van der Waals surface area contributed by atoms with Gasteiger partial charge in [-0.05, 0) is 59.4 Å². The number of ether oxygens (including phenoxy) is 2. The topological polar surface area (TPSA) is 46.9 Å². The monoisotopic (exact) mass is 490 g/mol. The number of aliphatic hydroxyl groups is 1. The van der Waals surface area contributed by atoms with E-state index >= 15 is 0 Å². The van der Waals surface area contributed by atoms with Crippen LogP contribution in [0, 0.1) is 0 Å². The number of halogens is 1. The molecule has 1 atom stereocenters. The Morgan fingerprint density at radius 2 is 1.89 bits per heavy atom. The SMILES string of the molecule is C.COc1cc2c(cc1OCc1ccccc1)CCN1Cc3c(c4ccc(Cl)cc4n3CO)CC21. The first-order valence-corrected chi connectivity index (χ1v) is 12.1. The molecule has 5 nitrogen and oxygen atoms in total. The fourth-order valence-electron chi connectivity index (χ4n) is 5.60. The van der Waals surface area contributed by atoms with Gasteiger partial charge in [-0.1, -0.05) is 55.4 Å². The molecule has 182 valence electrons. The van der Waals surface area contributed by atoms with Gasteiger partial charge in [0.2, 0.25) is 0 Å². The minimum Gasteiger partial charge on any atom is -0.493 e. The Morgan fingerprint density at radius 3 is 2.66 bits per heavy atom. The summed E-state index contributed by atoms with van der Waals surface area (Å²) in [6.07, 6.45) is 1.85. The van der Waals surface area contributed by atoms with Crippen LogP contribution in [0.2, 0.25) is 5.02 Å². The summed E-state index contributed by atoms with van der Waals surface area (Å²) in [6, 6.07) is 20.8. The molecule has 1 N–H and O–H groups in total. The molecule has 3 aromatic carbocycles. The molecule has 3 heterocycles. The van der Waals surface area contributed by atoms with Crippen LogP contribution >= 0.6 is 11.6 Å². The summed E-state index contributed by atoms with van der Waals surface area (Å²) in [6.45, 7) is 2.24. The average molecular weight is 491 g/mol. The zero-order valence-corrected chi connectivity index (χ0v) is 19.9. The molecular formula is C29H31ClN2O3. The molecule has 6 rings (SSSR count). The molecule has 0 saturated carbocycles. The highest BCUT2D eigenvalue weighted by Gasteiger charge is 2.36. The van der Waals surface area contributed by atoms with Crippen LogP contribution in [0.15, 0.2) is 60.7 Å². The summed E-state index contributed by atoms with van der Waals surface area (Å²) >= 11 is 6.28. The molecule has 0 radical (unpaired) electrons. The normalized spacial score (nSPS) is 16.7. The van der Waals surface area contributed by atoms with Crippen molar-refractivity contribution in [3.05, 3.63) is 93.6 Å². The number of methoxy groups -OCH3 is 1. The molecule has 4 aromatic rings. The summed E-state index contributed by atoms with van der Waals surface area (Å²) in [7, 11) is 1.70. The lowest BCUT2D eigenvalue weighted by Crippen LogP contribution is -2.39. The van der Waals surface area contributed by atoms with Crippen molar-refractivity contribution in [3.8, 4) is 11.5 Å². The molecule has 0 bridgehead atoms. The summed E-state index contributed by atoms with van der Waals surface area (Å²) in [5.41, 5.74) is 7.26. The van der Waals surface area contributed by atoms with Gasteiger partial charge in [0.15, 0.2) is 11.5 Å². The zero-order valence-electron chi connectivity index (χ0n) is 19.1. The minimum atomic E-state index is -0.0444. The first-order valence-electron chi connectivity index (χ1n) is 11.7. The smallest absolute Gasteiger partial charge is 0.161 e. The number of hydrogen-bond acceptors (Lipinski definition) is 4. The molecule has 35 heavy (non-hydrogen) atoms. The van der Waals surface area contributed by atoms with Gasteiger partial charge in [-0.15, -0.1) is 0 Å². The van der Waals surface area contributed by atoms with Crippen molar-refractivity contribution in [3.63, 3.8) is 0 Å². The Labute approximate surface area is 211 Å². The van der Waals surface area contributed by atoms with Gasteiger partial charge in [-0.25, -0.2) is 0 Å².